The molecule has 1 atom stereocenters. The number of hydrogen-bond donors (Lipinski definition) is 0. The number of amides is 1. The van der Waals surface area contributed by atoms with Gasteiger partial charge in [-0.3, -0.25) is 14.9 Å². The second kappa shape index (κ2) is 8.32. The number of nitro groups is 1. The van der Waals surface area contributed by atoms with E-state index in [-0.39, 0.29) is 17.0 Å². The average molecular weight is 441 g/mol. The third kappa shape index (κ3) is 4.19. The molecule has 0 aliphatic carbocycles. The van der Waals surface area contributed by atoms with Gasteiger partial charge in [-0.1, -0.05) is 55.0 Å². The van der Waals surface area contributed by atoms with Gasteiger partial charge in [0.15, 0.2) is 0 Å². The molecule has 0 saturated carbocycles. The van der Waals surface area contributed by atoms with Crippen molar-refractivity contribution >= 4 is 23.4 Å². The fraction of sp³-hybridized carbons (Fsp3) is 0.250. The monoisotopic (exact) mass is 440 g/mol. The highest BCUT2D eigenvalue weighted by Gasteiger charge is 2.47. The van der Waals surface area contributed by atoms with Crippen LogP contribution in [0.15, 0.2) is 78.9 Å². The highest BCUT2D eigenvalue weighted by atomic mass is 16.6. The molecule has 1 amide bonds. The SMILES string of the molecule is Cc1ccc2c(c1)C(C)(c1ccccc1)CC(C)(C)N2C(=O)/C=C/c1ccc([N+](=O)[O-])cc1. The van der Waals surface area contributed by atoms with Gasteiger partial charge in [0.1, 0.15) is 0 Å². The number of nitrogens with zero attached hydrogens (tertiary/aromatic N) is 2. The van der Waals surface area contributed by atoms with Crippen LogP contribution in [-0.4, -0.2) is 16.4 Å². The zero-order valence-corrected chi connectivity index (χ0v) is 19.4. The number of carbonyl (C=O) groups excluding carboxylic acids is 1. The smallest absolute Gasteiger partial charge is 0.269 e. The lowest BCUT2D eigenvalue weighted by Crippen LogP contribution is -2.55. The van der Waals surface area contributed by atoms with E-state index in [1.165, 1.54) is 17.7 Å². The van der Waals surface area contributed by atoms with Crippen LogP contribution in [0, 0.1) is 17.0 Å². The molecule has 3 aromatic carbocycles. The fourth-order valence-corrected chi connectivity index (χ4v) is 5.08. The summed E-state index contributed by atoms with van der Waals surface area (Å²) in [6.45, 7) is 8.55. The van der Waals surface area contributed by atoms with Crippen molar-refractivity contribution in [2.75, 3.05) is 4.90 Å². The molecule has 0 saturated heterocycles. The average Bonchev–Trinajstić information content (AvgIpc) is 2.78. The molecule has 0 radical (unpaired) electrons. The van der Waals surface area contributed by atoms with Crippen molar-refractivity contribution in [2.45, 2.75) is 45.1 Å². The number of nitro benzene ring substituents is 1. The molecule has 168 valence electrons. The third-order valence-electron chi connectivity index (χ3n) is 6.53. The summed E-state index contributed by atoms with van der Waals surface area (Å²) in [5, 5.41) is 10.9. The molecular weight excluding hydrogens is 412 g/mol. The largest absolute Gasteiger partial charge is 0.303 e. The summed E-state index contributed by atoms with van der Waals surface area (Å²) in [6, 6.07) is 22.9. The highest BCUT2D eigenvalue weighted by Crippen LogP contribution is 2.50. The lowest BCUT2D eigenvalue weighted by molar-refractivity contribution is -0.384. The summed E-state index contributed by atoms with van der Waals surface area (Å²) in [4.78, 5) is 25.8. The van der Waals surface area contributed by atoms with Crippen molar-refractivity contribution in [3.8, 4) is 0 Å². The predicted octanol–water partition coefficient (Wildman–Crippen LogP) is 6.44. The molecule has 0 aromatic heterocycles. The van der Waals surface area contributed by atoms with E-state index in [4.69, 9.17) is 0 Å². The summed E-state index contributed by atoms with van der Waals surface area (Å²) in [5.41, 5.74) is 4.56. The molecule has 0 fully saturated rings. The lowest BCUT2D eigenvalue weighted by Gasteiger charge is -2.51. The maximum absolute atomic E-state index is 13.5. The molecule has 4 rings (SSSR count). The van der Waals surface area contributed by atoms with Gasteiger partial charge in [-0.15, -0.1) is 0 Å². The minimum atomic E-state index is -0.433. The Morgan fingerprint density at radius 3 is 2.30 bits per heavy atom. The van der Waals surface area contributed by atoms with Gasteiger partial charge in [-0.2, -0.15) is 0 Å². The maximum Gasteiger partial charge on any atom is 0.269 e. The van der Waals surface area contributed by atoms with E-state index in [9.17, 15) is 14.9 Å². The summed E-state index contributed by atoms with van der Waals surface area (Å²) in [5.74, 6) is -0.112. The minimum Gasteiger partial charge on any atom is -0.303 e. The molecule has 3 aromatic rings. The van der Waals surface area contributed by atoms with Crippen LogP contribution < -0.4 is 4.90 Å². The molecule has 5 heteroatoms. The molecule has 33 heavy (non-hydrogen) atoms. The molecule has 0 spiro atoms. The Hall–Kier alpha value is -3.73. The van der Waals surface area contributed by atoms with Crippen LogP contribution in [0.3, 0.4) is 0 Å². The Morgan fingerprint density at radius 1 is 1.00 bits per heavy atom. The summed E-state index contributed by atoms with van der Waals surface area (Å²) in [6.07, 6.45) is 4.04. The second-order valence-electron chi connectivity index (χ2n) is 9.56. The molecule has 0 bridgehead atoms. The molecule has 1 unspecified atom stereocenters. The topological polar surface area (TPSA) is 63.5 Å². The van der Waals surface area contributed by atoms with Crippen molar-refractivity contribution in [3.63, 3.8) is 0 Å². The fourth-order valence-electron chi connectivity index (χ4n) is 5.08. The minimum absolute atomic E-state index is 0.0279. The summed E-state index contributed by atoms with van der Waals surface area (Å²) >= 11 is 0. The number of hydrogen-bond acceptors (Lipinski definition) is 3. The van der Waals surface area contributed by atoms with E-state index < -0.39 is 10.5 Å². The lowest BCUT2D eigenvalue weighted by atomic mass is 9.65. The Kier molecular flexibility index (Phi) is 5.66. The van der Waals surface area contributed by atoms with Crippen LogP contribution in [0.5, 0.6) is 0 Å². The molecule has 1 aliphatic heterocycles. The molecule has 1 aliphatic rings. The van der Waals surface area contributed by atoms with Crippen molar-refractivity contribution in [1.29, 1.82) is 0 Å². The van der Waals surface area contributed by atoms with Crippen LogP contribution in [0.4, 0.5) is 11.4 Å². The molecule has 0 N–H and O–H groups in total. The first-order chi connectivity index (χ1) is 15.6. The van der Waals surface area contributed by atoms with Gasteiger partial charge in [0.2, 0.25) is 0 Å². The van der Waals surface area contributed by atoms with E-state index in [1.807, 2.05) is 23.1 Å². The molecular formula is C28H28N2O3. The summed E-state index contributed by atoms with van der Waals surface area (Å²) in [7, 11) is 0. The first-order valence-corrected chi connectivity index (χ1v) is 11.1. The normalized spacial score (nSPS) is 19.3. The number of rotatable bonds is 4. The highest BCUT2D eigenvalue weighted by molar-refractivity contribution is 6.06. The number of fused-ring (bicyclic) bond motifs is 1. The number of benzene rings is 3. The van der Waals surface area contributed by atoms with Crippen LogP contribution in [0.2, 0.25) is 0 Å². The Balaban J connectivity index is 1.74. The van der Waals surface area contributed by atoms with E-state index in [0.717, 1.165) is 28.8 Å². The maximum atomic E-state index is 13.5. The zero-order chi connectivity index (χ0) is 23.8. The predicted molar refractivity (Wildman–Crippen MR) is 132 cm³/mol. The van der Waals surface area contributed by atoms with Gasteiger partial charge in [0.25, 0.3) is 11.6 Å². The van der Waals surface area contributed by atoms with Crippen molar-refractivity contribution in [3.05, 3.63) is 111 Å². The van der Waals surface area contributed by atoms with E-state index >= 15 is 0 Å². The van der Waals surface area contributed by atoms with Crippen molar-refractivity contribution < 1.29 is 9.72 Å². The van der Waals surface area contributed by atoms with Gasteiger partial charge in [-0.05, 0) is 68.2 Å². The van der Waals surface area contributed by atoms with Gasteiger partial charge in [0, 0.05) is 34.9 Å². The standard InChI is InChI=1S/C28H28N2O3/c1-20-10-16-25-24(18-20)28(4,22-8-6-5-7-9-22)19-27(2,3)29(25)26(31)17-13-21-11-14-23(15-12-21)30(32)33/h5-18H,19H2,1-4H3/b17-13+. The van der Waals surface area contributed by atoms with Gasteiger partial charge in [0.05, 0.1) is 4.92 Å². The van der Waals surface area contributed by atoms with Crippen LogP contribution in [0.25, 0.3) is 6.08 Å². The van der Waals surface area contributed by atoms with E-state index in [0.29, 0.717) is 0 Å². The second-order valence-corrected chi connectivity index (χ2v) is 9.56. The van der Waals surface area contributed by atoms with E-state index in [1.54, 1.807) is 24.3 Å². The molecule has 5 nitrogen and oxygen atoms in total. The Morgan fingerprint density at radius 2 is 1.67 bits per heavy atom. The van der Waals surface area contributed by atoms with Crippen molar-refractivity contribution in [2.24, 2.45) is 0 Å². The Bertz CT molecular complexity index is 1230. The summed E-state index contributed by atoms with van der Waals surface area (Å²) < 4.78 is 0. The first-order valence-electron chi connectivity index (χ1n) is 11.1. The van der Waals surface area contributed by atoms with Gasteiger partial charge < -0.3 is 4.90 Å². The van der Waals surface area contributed by atoms with Crippen molar-refractivity contribution in [1.82, 2.24) is 0 Å². The number of aryl methyl sites for hydroxylation is 1. The number of non-ortho nitro benzene ring substituents is 1. The Labute approximate surface area is 194 Å². The van der Waals surface area contributed by atoms with Gasteiger partial charge >= 0.3 is 0 Å². The first kappa shape index (κ1) is 22.5. The van der Waals surface area contributed by atoms with Crippen LogP contribution in [-0.2, 0) is 10.2 Å². The van der Waals surface area contributed by atoms with Gasteiger partial charge in [-0.25, -0.2) is 0 Å². The van der Waals surface area contributed by atoms with Crippen LogP contribution >= 0.6 is 0 Å². The third-order valence-corrected chi connectivity index (χ3v) is 6.53. The van der Waals surface area contributed by atoms with E-state index in [2.05, 4.69) is 58.0 Å². The zero-order valence-electron chi connectivity index (χ0n) is 19.4. The molecule has 1 heterocycles. The number of carbonyl (C=O) groups is 1. The van der Waals surface area contributed by atoms with Crippen LogP contribution in [0.1, 0.15) is 49.4 Å². The quantitative estimate of drug-likeness (QED) is 0.266. The number of anilines is 1.